The van der Waals surface area contributed by atoms with Crippen molar-refractivity contribution >= 4 is 17.2 Å². The number of morpholine rings is 1. The minimum absolute atomic E-state index is 0.406. The van der Waals surface area contributed by atoms with Crippen molar-refractivity contribution < 1.29 is 4.74 Å². The SMILES string of the molecule is CN(C)C(CN1CCOCC1)(C(=S)NC1CC1)c1ccccn1. The number of pyridine rings is 1. The van der Waals surface area contributed by atoms with E-state index in [1.807, 2.05) is 18.3 Å². The number of hydrogen-bond donors (Lipinski definition) is 1. The lowest BCUT2D eigenvalue weighted by Gasteiger charge is -2.44. The molecular formula is C17H26N4OS. The first-order chi connectivity index (χ1) is 11.1. The molecule has 1 aromatic heterocycles. The van der Waals surface area contributed by atoms with E-state index in [0.717, 1.165) is 43.5 Å². The van der Waals surface area contributed by atoms with Gasteiger partial charge in [-0.05, 0) is 39.1 Å². The van der Waals surface area contributed by atoms with E-state index in [1.54, 1.807) is 0 Å². The molecule has 2 fully saturated rings. The molecule has 23 heavy (non-hydrogen) atoms. The van der Waals surface area contributed by atoms with Crippen molar-refractivity contribution in [3.05, 3.63) is 30.1 Å². The first-order valence-corrected chi connectivity index (χ1v) is 8.74. The van der Waals surface area contributed by atoms with Crippen LogP contribution in [-0.4, -0.2) is 72.8 Å². The van der Waals surface area contributed by atoms with Gasteiger partial charge in [0.05, 0.1) is 18.9 Å². The van der Waals surface area contributed by atoms with Crippen LogP contribution >= 0.6 is 12.2 Å². The fourth-order valence-corrected chi connectivity index (χ4v) is 3.58. The highest BCUT2D eigenvalue weighted by molar-refractivity contribution is 7.80. The van der Waals surface area contributed by atoms with Gasteiger partial charge in [0.2, 0.25) is 0 Å². The molecule has 0 amide bonds. The van der Waals surface area contributed by atoms with Gasteiger partial charge < -0.3 is 10.1 Å². The van der Waals surface area contributed by atoms with Crippen LogP contribution < -0.4 is 5.32 Å². The number of rotatable bonds is 6. The number of nitrogens with zero attached hydrogens (tertiary/aromatic N) is 3. The van der Waals surface area contributed by atoms with Gasteiger partial charge in [-0.3, -0.25) is 14.8 Å². The summed E-state index contributed by atoms with van der Waals surface area (Å²) in [6, 6.07) is 6.62. The van der Waals surface area contributed by atoms with Crippen LogP contribution in [0.5, 0.6) is 0 Å². The molecule has 1 saturated carbocycles. The summed E-state index contributed by atoms with van der Waals surface area (Å²) in [6.45, 7) is 4.28. The molecular weight excluding hydrogens is 308 g/mol. The van der Waals surface area contributed by atoms with Crippen molar-refractivity contribution in [1.29, 1.82) is 0 Å². The molecule has 6 heteroatoms. The van der Waals surface area contributed by atoms with Gasteiger partial charge >= 0.3 is 0 Å². The van der Waals surface area contributed by atoms with E-state index in [4.69, 9.17) is 17.0 Å². The molecule has 5 nitrogen and oxygen atoms in total. The summed E-state index contributed by atoms with van der Waals surface area (Å²) in [4.78, 5) is 10.2. The van der Waals surface area contributed by atoms with Gasteiger partial charge in [-0.1, -0.05) is 18.3 Å². The zero-order valence-corrected chi connectivity index (χ0v) is 14.8. The van der Waals surface area contributed by atoms with Crippen LogP contribution in [-0.2, 0) is 10.3 Å². The van der Waals surface area contributed by atoms with Gasteiger partial charge in [0.25, 0.3) is 0 Å². The van der Waals surface area contributed by atoms with Crippen LogP contribution in [0.4, 0.5) is 0 Å². The Morgan fingerprint density at radius 3 is 2.70 bits per heavy atom. The summed E-state index contributed by atoms with van der Waals surface area (Å²) in [5.41, 5.74) is 0.603. The van der Waals surface area contributed by atoms with Gasteiger partial charge in [-0.25, -0.2) is 0 Å². The Bertz CT molecular complexity index is 529. The van der Waals surface area contributed by atoms with Gasteiger partial charge in [-0.2, -0.15) is 0 Å². The van der Waals surface area contributed by atoms with E-state index in [-0.39, 0.29) is 0 Å². The summed E-state index contributed by atoms with van der Waals surface area (Å²) in [5.74, 6) is 0. The summed E-state index contributed by atoms with van der Waals surface area (Å²) in [6.07, 6.45) is 4.28. The van der Waals surface area contributed by atoms with Crippen molar-refractivity contribution in [2.24, 2.45) is 0 Å². The third-order valence-corrected chi connectivity index (χ3v) is 5.15. The number of nitrogens with one attached hydrogen (secondary N) is 1. The molecule has 1 atom stereocenters. The molecule has 1 aromatic rings. The highest BCUT2D eigenvalue weighted by atomic mass is 32.1. The number of aromatic nitrogens is 1. The predicted octanol–water partition coefficient (Wildman–Crippen LogP) is 1.25. The van der Waals surface area contributed by atoms with E-state index in [1.165, 1.54) is 12.8 Å². The normalized spacial score (nSPS) is 21.9. The highest BCUT2D eigenvalue weighted by Gasteiger charge is 2.44. The molecule has 2 heterocycles. The monoisotopic (exact) mass is 334 g/mol. The molecule has 1 aliphatic carbocycles. The maximum atomic E-state index is 5.88. The molecule has 2 aliphatic rings. The second-order valence-corrected chi connectivity index (χ2v) is 7.01. The van der Waals surface area contributed by atoms with E-state index in [2.05, 4.69) is 40.3 Å². The molecule has 3 rings (SSSR count). The van der Waals surface area contributed by atoms with Crippen molar-refractivity contribution in [3.8, 4) is 0 Å². The minimum Gasteiger partial charge on any atom is -0.379 e. The molecule has 1 saturated heterocycles. The zero-order valence-electron chi connectivity index (χ0n) is 14.0. The zero-order chi connectivity index (χ0) is 16.3. The predicted molar refractivity (Wildman–Crippen MR) is 95.6 cm³/mol. The second kappa shape index (κ2) is 7.21. The number of ether oxygens (including phenoxy) is 1. The average Bonchev–Trinajstić information content (AvgIpc) is 3.38. The fourth-order valence-electron chi connectivity index (χ4n) is 3.07. The molecule has 1 aliphatic heterocycles. The van der Waals surface area contributed by atoms with E-state index in [0.29, 0.717) is 6.04 Å². The maximum Gasteiger partial charge on any atom is 0.126 e. The third-order valence-electron chi connectivity index (χ3n) is 4.70. The van der Waals surface area contributed by atoms with E-state index >= 15 is 0 Å². The second-order valence-electron chi connectivity index (χ2n) is 6.61. The van der Waals surface area contributed by atoms with Gasteiger partial charge in [0.1, 0.15) is 10.5 Å². The standard InChI is InChI=1S/C17H26N4OS/c1-20(2)17(15-5-3-4-8-18-15,16(23)19-14-6-7-14)13-21-9-11-22-12-10-21/h3-5,8,14H,6-7,9-13H2,1-2H3,(H,19,23). The largest absolute Gasteiger partial charge is 0.379 e. The Morgan fingerprint density at radius 1 is 1.39 bits per heavy atom. The average molecular weight is 334 g/mol. The first-order valence-electron chi connectivity index (χ1n) is 8.33. The van der Waals surface area contributed by atoms with Crippen LogP contribution in [0, 0.1) is 0 Å². The Kier molecular flexibility index (Phi) is 5.26. The Balaban J connectivity index is 1.92. The van der Waals surface area contributed by atoms with Gasteiger partial charge in [-0.15, -0.1) is 0 Å². The molecule has 1 unspecified atom stereocenters. The van der Waals surface area contributed by atoms with Gasteiger partial charge in [0.15, 0.2) is 0 Å². The molecule has 0 aromatic carbocycles. The summed E-state index contributed by atoms with van der Waals surface area (Å²) >= 11 is 5.88. The third kappa shape index (κ3) is 3.71. The topological polar surface area (TPSA) is 40.6 Å². The van der Waals surface area contributed by atoms with E-state index < -0.39 is 5.54 Å². The van der Waals surface area contributed by atoms with Crippen LogP contribution in [0.1, 0.15) is 18.5 Å². The van der Waals surface area contributed by atoms with Crippen LogP contribution in [0.25, 0.3) is 0 Å². The lowest BCUT2D eigenvalue weighted by atomic mass is 9.91. The van der Waals surface area contributed by atoms with Crippen LogP contribution in [0.15, 0.2) is 24.4 Å². The highest BCUT2D eigenvalue weighted by Crippen LogP contribution is 2.30. The Labute approximate surface area is 144 Å². The molecule has 0 spiro atoms. The minimum atomic E-state index is -0.406. The Morgan fingerprint density at radius 2 is 2.13 bits per heavy atom. The van der Waals surface area contributed by atoms with Crippen molar-refractivity contribution in [1.82, 2.24) is 20.1 Å². The summed E-state index contributed by atoms with van der Waals surface area (Å²) in [5, 5.41) is 3.56. The fraction of sp³-hybridized carbons (Fsp3) is 0.647. The number of likely N-dealkylation sites (N-methyl/N-ethyl adjacent to an activating group) is 1. The molecule has 0 bridgehead atoms. The number of thiocarbonyl (C=S) groups is 1. The van der Waals surface area contributed by atoms with Crippen LogP contribution in [0.3, 0.4) is 0 Å². The quantitative estimate of drug-likeness (QED) is 0.790. The molecule has 126 valence electrons. The van der Waals surface area contributed by atoms with E-state index in [9.17, 15) is 0 Å². The first kappa shape index (κ1) is 16.8. The maximum absolute atomic E-state index is 5.88. The summed E-state index contributed by atoms with van der Waals surface area (Å²) < 4.78 is 5.50. The molecule has 1 N–H and O–H groups in total. The molecule has 0 radical (unpaired) electrons. The lowest BCUT2D eigenvalue weighted by molar-refractivity contribution is 0.0179. The van der Waals surface area contributed by atoms with Crippen molar-refractivity contribution in [2.75, 3.05) is 46.9 Å². The van der Waals surface area contributed by atoms with Crippen molar-refractivity contribution in [2.45, 2.75) is 24.4 Å². The van der Waals surface area contributed by atoms with Gasteiger partial charge in [0, 0.05) is 31.9 Å². The smallest absolute Gasteiger partial charge is 0.126 e. The Hall–Kier alpha value is -1.08. The van der Waals surface area contributed by atoms with Crippen molar-refractivity contribution in [3.63, 3.8) is 0 Å². The van der Waals surface area contributed by atoms with Crippen LogP contribution in [0.2, 0.25) is 0 Å². The number of hydrogen-bond acceptors (Lipinski definition) is 5. The summed E-state index contributed by atoms with van der Waals surface area (Å²) in [7, 11) is 4.19. The lowest BCUT2D eigenvalue weighted by Crippen LogP contribution is -2.60.